The summed E-state index contributed by atoms with van der Waals surface area (Å²) in [6.07, 6.45) is 0.192. The van der Waals surface area contributed by atoms with Crippen LogP contribution in [0.15, 0.2) is 24.3 Å². The number of carbonyl (C=O) groups is 2. The molecule has 0 radical (unpaired) electrons. The zero-order valence-electron chi connectivity index (χ0n) is 11.4. The van der Waals surface area contributed by atoms with Crippen LogP contribution in [-0.2, 0) is 9.53 Å². The Hall–Kier alpha value is -2.28. The number of methoxy groups -OCH3 is 2. The number of urea groups is 1. The predicted octanol–water partition coefficient (Wildman–Crippen LogP) is 1.31. The average Bonchev–Trinajstić information content (AvgIpc) is 2.43. The van der Waals surface area contributed by atoms with Crippen LogP contribution in [0.3, 0.4) is 0 Å². The van der Waals surface area contributed by atoms with Crippen LogP contribution < -0.4 is 15.4 Å². The van der Waals surface area contributed by atoms with Crippen molar-refractivity contribution < 1.29 is 24.2 Å². The van der Waals surface area contributed by atoms with Gasteiger partial charge in [0.15, 0.2) is 0 Å². The molecule has 0 aliphatic heterocycles. The second kappa shape index (κ2) is 8.00. The number of amides is 2. The van der Waals surface area contributed by atoms with E-state index in [-0.39, 0.29) is 13.0 Å². The van der Waals surface area contributed by atoms with E-state index in [0.717, 1.165) is 0 Å². The van der Waals surface area contributed by atoms with E-state index in [1.165, 1.54) is 14.2 Å². The minimum Gasteiger partial charge on any atom is -0.497 e. The van der Waals surface area contributed by atoms with Gasteiger partial charge in [-0.1, -0.05) is 6.07 Å². The van der Waals surface area contributed by atoms with Crippen molar-refractivity contribution in [3.63, 3.8) is 0 Å². The van der Waals surface area contributed by atoms with Crippen molar-refractivity contribution in [2.24, 2.45) is 0 Å². The van der Waals surface area contributed by atoms with E-state index in [1.807, 2.05) is 0 Å². The van der Waals surface area contributed by atoms with E-state index in [0.29, 0.717) is 11.4 Å². The van der Waals surface area contributed by atoms with Crippen LogP contribution in [0.1, 0.15) is 6.42 Å². The lowest BCUT2D eigenvalue weighted by Gasteiger charge is -2.15. The third-order valence-electron chi connectivity index (χ3n) is 2.54. The molecule has 2 amide bonds. The first kappa shape index (κ1) is 15.8. The molecular weight excluding hydrogens is 264 g/mol. The van der Waals surface area contributed by atoms with Gasteiger partial charge in [0.05, 0.1) is 7.11 Å². The molecular formula is C13H18N2O5. The molecule has 0 spiro atoms. The fourth-order valence-electron chi connectivity index (χ4n) is 1.52. The summed E-state index contributed by atoms with van der Waals surface area (Å²) < 4.78 is 9.83. The summed E-state index contributed by atoms with van der Waals surface area (Å²) in [6.45, 7) is 0.246. The highest BCUT2D eigenvalue weighted by molar-refractivity contribution is 5.92. The number of carboxylic acid groups (broad SMARTS) is 1. The summed E-state index contributed by atoms with van der Waals surface area (Å²) in [5.41, 5.74) is 0.512. The molecule has 1 atom stereocenters. The number of ether oxygens (including phenoxy) is 2. The van der Waals surface area contributed by atoms with Crippen molar-refractivity contribution in [2.45, 2.75) is 12.5 Å². The van der Waals surface area contributed by atoms with Gasteiger partial charge in [0.25, 0.3) is 0 Å². The number of rotatable bonds is 7. The fourth-order valence-corrected chi connectivity index (χ4v) is 1.52. The number of hydrogen-bond donors (Lipinski definition) is 3. The zero-order valence-corrected chi connectivity index (χ0v) is 11.4. The molecule has 0 saturated carbocycles. The largest absolute Gasteiger partial charge is 0.497 e. The van der Waals surface area contributed by atoms with Crippen molar-refractivity contribution in [3.8, 4) is 5.75 Å². The molecule has 0 heterocycles. The molecule has 1 unspecified atom stereocenters. The van der Waals surface area contributed by atoms with Gasteiger partial charge in [0.2, 0.25) is 0 Å². The van der Waals surface area contributed by atoms with Crippen LogP contribution in [-0.4, -0.2) is 44.0 Å². The molecule has 1 aromatic carbocycles. The Morgan fingerprint density at radius 2 is 2.10 bits per heavy atom. The van der Waals surface area contributed by atoms with E-state index in [1.54, 1.807) is 24.3 Å². The Kier molecular flexibility index (Phi) is 6.31. The Morgan fingerprint density at radius 3 is 2.70 bits per heavy atom. The minimum atomic E-state index is -1.11. The van der Waals surface area contributed by atoms with Gasteiger partial charge < -0.3 is 25.2 Å². The number of aliphatic carboxylic acids is 1. The van der Waals surface area contributed by atoms with Gasteiger partial charge in [-0.05, 0) is 12.1 Å². The van der Waals surface area contributed by atoms with Crippen LogP contribution >= 0.6 is 0 Å². The smallest absolute Gasteiger partial charge is 0.326 e. The van der Waals surface area contributed by atoms with Crippen LogP contribution in [0.25, 0.3) is 0 Å². The van der Waals surface area contributed by atoms with Gasteiger partial charge in [0.1, 0.15) is 11.8 Å². The SMILES string of the molecule is COCCC(NC(=O)Nc1cccc(OC)c1)C(=O)O. The monoisotopic (exact) mass is 282 g/mol. The highest BCUT2D eigenvalue weighted by Crippen LogP contribution is 2.16. The lowest BCUT2D eigenvalue weighted by atomic mass is 10.2. The first-order valence-electron chi connectivity index (χ1n) is 6.00. The number of anilines is 1. The molecule has 0 bridgehead atoms. The maximum Gasteiger partial charge on any atom is 0.326 e. The molecule has 0 fully saturated rings. The number of carboxylic acids is 1. The van der Waals surface area contributed by atoms with Gasteiger partial charge in [-0.15, -0.1) is 0 Å². The van der Waals surface area contributed by atoms with E-state index in [9.17, 15) is 9.59 Å². The first-order valence-corrected chi connectivity index (χ1v) is 6.00. The van der Waals surface area contributed by atoms with Crippen molar-refractivity contribution in [1.29, 1.82) is 0 Å². The molecule has 3 N–H and O–H groups in total. The predicted molar refractivity (Wildman–Crippen MR) is 73.1 cm³/mol. The van der Waals surface area contributed by atoms with Crippen molar-refractivity contribution in [2.75, 3.05) is 26.1 Å². The third kappa shape index (κ3) is 5.15. The maximum absolute atomic E-state index is 11.7. The average molecular weight is 282 g/mol. The number of benzene rings is 1. The third-order valence-corrected chi connectivity index (χ3v) is 2.54. The van der Waals surface area contributed by atoms with E-state index in [4.69, 9.17) is 14.6 Å². The molecule has 1 rings (SSSR count). The standard InChI is InChI=1S/C13H18N2O5/c1-19-7-6-11(12(16)17)15-13(18)14-9-4-3-5-10(8-9)20-2/h3-5,8,11H,6-7H2,1-2H3,(H,16,17)(H2,14,15,18). The molecule has 0 aliphatic rings. The topological polar surface area (TPSA) is 96.9 Å². The number of carbonyl (C=O) groups excluding carboxylic acids is 1. The molecule has 1 aromatic rings. The van der Waals surface area contributed by atoms with Gasteiger partial charge in [0, 0.05) is 31.9 Å². The van der Waals surface area contributed by atoms with Gasteiger partial charge in [-0.2, -0.15) is 0 Å². The number of hydrogen-bond acceptors (Lipinski definition) is 4. The van der Waals surface area contributed by atoms with E-state index < -0.39 is 18.0 Å². The van der Waals surface area contributed by atoms with Crippen molar-refractivity contribution in [3.05, 3.63) is 24.3 Å². The summed E-state index contributed by atoms with van der Waals surface area (Å²) in [5.74, 6) is -0.514. The Morgan fingerprint density at radius 1 is 1.35 bits per heavy atom. The van der Waals surface area contributed by atoms with Gasteiger partial charge >= 0.3 is 12.0 Å². The van der Waals surface area contributed by atoms with Crippen LogP contribution in [0, 0.1) is 0 Å². The van der Waals surface area contributed by atoms with E-state index >= 15 is 0 Å². The Balaban J connectivity index is 2.58. The molecule has 7 heteroatoms. The van der Waals surface area contributed by atoms with E-state index in [2.05, 4.69) is 10.6 Å². The summed E-state index contributed by atoms with van der Waals surface area (Å²) >= 11 is 0. The van der Waals surface area contributed by atoms with Crippen molar-refractivity contribution in [1.82, 2.24) is 5.32 Å². The van der Waals surface area contributed by atoms with Gasteiger partial charge in [-0.25, -0.2) is 9.59 Å². The molecule has 0 aliphatic carbocycles. The number of nitrogens with one attached hydrogen (secondary N) is 2. The molecule has 0 saturated heterocycles. The minimum absolute atomic E-state index is 0.192. The van der Waals surface area contributed by atoms with Crippen molar-refractivity contribution >= 4 is 17.7 Å². The first-order chi connectivity index (χ1) is 9.56. The summed E-state index contributed by atoms with van der Waals surface area (Å²) in [6, 6.07) is 5.16. The van der Waals surface area contributed by atoms with Crippen LogP contribution in [0.4, 0.5) is 10.5 Å². The normalized spacial score (nSPS) is 11.5. The molecule has 0 aromatic heterocycles. The quantitative estimate of drug-likeness (QED) is 0.700. The maximum atomic E-state index is 11.7. The molecule has 20 heavy (non-hydrogen) atoms. The zero-order chi connectivity index (χ0) is 15.0. The molecule has 7 nitrogen and oxygen atoms in total. The highest BCUT2D eigenvalue weighted by atomic mass is 16.5. The van der Waals surface area contributed by atoms with Crippen LogP contribution in [0.2, 0.25) is 0 Å². The highest BCUT2D eigenvalue weighted by Gasteiger charge is 2.19. The van der Waals surface area contributed by atoms with Crippen LogP contribution in [0.5, 0.6) is 5.75 Å². The summed E-state index contributed by atoms with van der Waals surface area (Å²) in [7, 11) is 2.99. The lowest BCUT2D eigenvalue weighted by molar-refractivity contribution is -0.139. The second-order valence-electron chi connectivity index (χ2n) is 4.00. The van der Waals surface area contributed by atoms with Gasteiger partial charge in [-0.3, -0.25) is 0 Å². The molecule has 110 valence electrons. The Labute approximate surface area is 116 Å². The second-order valence-corrected chi connectivity index (χ2v) is 4.00. The summed E-state index contributed by atoms with van der Waals surface area (Å²) in [4.78, 5) is 22.7. The fraction of sp³-hybridized carbons (Fsp3) is 0.385. The lowest BCUT2D eigenvalue weighted by Crippen LogP contribution is -2.43. The summed E-state index contributed by atoms with van der Waals surface area (Å²) in [5, 5.41) is 13.9. The Bertz CT molecular complexity index is 464.